The van der Waals surface area contributed by atoms with Gasteiger partial charge in [-0.1, -0.05) is 65.7 Å². The van der Waals surface area contributed by atoms with Crippen LogP contribution in [-0.2, 0) is 0 Å². The van der Waals surface area contributed by atoms with Crippen molar-refractivity contribution in [2.75, 3.05) is 0 Å². The molecule has 0 aromatic heterocycles. The van der Waals surface area contributed by atoms with E-state index in [1.54, 1.807) is 6.07 Å². The highest BCUT2D eigenvalue weighted by Gasteiger charge is 2.10. The summed E-state index contributed by atoms with van der Waals surface area (Å²) in [5.41, 5.74) is 2.97. The normalized spacial score (nSPS) is 11.7. The summed E-state index contributed by atoms with van der Waals surface area (Å²) in [6, 6.07) is 17.0. The first-order chi connectivity index (χ1) is 9.13. The van der Waals surface area contributed by atoms with Gasteiger partial charge in [0, 0.05) is 5.02 Å². The maximum absolute atomic E-state index is 9.31. The summed E-state index contributed by atoms with van der Waals surface area (Å²) < 4.78 is 0. The molecule has 2 aromatic carbocycles. The topological polar surface area (TPSA) is 23.8 Å². The molecule has 0 saturated heterocycles. The molecule has 3 heteroatoms. The van der Waals surface area contributed by atoms with Crippen LogP contribution in [0, 0.1) is 18.3 Å². The maximum Gasteiger partial charge on any atom is 0.101 e. The molecule has 0 radical (unpaired) electrons. The molecule has 2 rings (SSSR count). The van der Waals surface area contributed by atoms with Gasteiger partial charge in [-0.2, -0.15) is 5.26 Å². The first-order valence-electron chi connectivity index (χ1n) is 5.75. The molecular formula is C16H11Cl2N. The Hall–Kier alpha value is -1.75. The molecule has 0 amide bonds. The maximum atomic E-state index is 9.31. The number of benzene rings is 2. The summed E-state index contributed by atoms with van der Waals surface area (Å²) in [6.45, 7) is 1.92. The summed E-state index contributed by atoms with van der Waals surface area (Å²) >= 11 is 12.4. The van der Waals surface area contributed by atoms with Crippen molar-refractivity contribution in [1.82, 2.24) is 0 Å². The van der Waals surface area contributed by atoms with Crippen molar-refractivity contribution in [3.63, 3.8) is 0 Å². The Kier molecular flexibility index (Phi) is 4.27. The fraction of sp³-hybridized carbons (Fsp3) is 0.0625. The zero-order chi connectivity index (χ0) is 13.8. The third-order valence-electron chi connectivity index (χ3n) is 2.82. The molecule has 0 aliphatic rings. The van der Waals surface area contributed by atoms with Gasteiger partial charge in [0.25, 0.3) is 0 Å². The molecule has 94 valence electrons. The van der Waals surface area contributed by atoms with Gasteiger partial charge in [0.2, 0.25) is 0 Å². The average Bonchev–Trinajstić information content (AvgIpc) is 2.44. The molecular weight excluding hydrogens is 277 g/mol. The summed E-state index contributed by atoms with van der Waals surface area (Å²) in [5.74, 6) is 0. The molecule has 0 bridgehead atoms. The summed E-state index contributed by atoms with van der Waals surface area (Å²) in [6.07, 6.45) is 0. The second-order valence-corrected chi connectivity index (χ2v) is 4.92. The predicted octanol–water partition coefficient (Wildman–Crippen LogP) is 5.28. The minimum atomic E-state index is 0.413. The van der Waals surface area contributed by atoms with Crippen LogP contribution < -0.4 is 0 Å². The zero-order valence-electron chi connectivity index (χ0n) is 10.3. The highest BCUT2D eigenvalue weighted by atomic mass is 35.5. The Morgan fingerprint density at radius 2 is 1.74 bits per heavy atom. The van der Waals surface area contributed by atoms with Crippen molar-refractivity contribution in [2.24, 2.45) is 0 Å². The van der Waals surface area contributed by atoms with E-state index in [2.05, 4.69) is 6.07 Å². The lowest BCUT2D eigenvalue weighted by molar-refractivity contribution is 1.46. The molecule has 0 spiro atoms. The van der Waals surface area contributed by atoms with E-state index in [-0.39, 0.29) is 0 Å². The molecule has 0 fully saturated rings. The number of aryl methyl sites for hydroxylation is 1. The van der Waals surface area contributed by atoms with E-state index in [0.29, 0.717) is 15.6 Å². The van der Waals surface area contributed by atoms with Crippen LogP contribution in [0.4, 0.5) is 0 Å². The van der Waals surface area contributed by atoms with E-state index < -0.39 is 0 Å². The molecule has 0 aliphatic heterocycles. The molecule has 0 saturated carbocycles. The van der Waals surface area contributed by atoms with Gasteiger partial charge in [-0.15, -0.1) is 0 Å². The van der Waals surface area contributed by atoms with Crippen molar-refractivity contribution < 1.29 is 0 Å². The zero-order valence-corrected chi connectivity index (χ0v) is 11.8. The second kappa shape index (κ2) is 5.93. The van der Waals surface area contributed by atoms with Crippen LogP contribution >= 0.6 is 23.2 Å². The Bertz CT molecular complexity index is 667. The molecule has 0 aliphatic carbocycles. The van der Waals surface area contributed by atoms with Crippen LogP contribution in [0.5, 0.6) is 0 Å². The molecule has 0 N–H and O–H groups in total. The lowest BCUT2D eigenvalue weighted by atomic mass is 10.0. The number of rotatable bonds is 2. The number of nitriles is 1. The smallest absolute Gasteiger partial charge is 0.101 e. The van der Waals surface area contributed by atoms with Gasteiger partial charge in [-0.3, -0.25) is 0 Å². The van der Waals surface area contributed by atoms with Crippen LogP contribution in [0.3, 0.4) is 0 Å². The molecule has 2 aromatic rings. The Balaban J connectivity index is 2.56. The fourth-order valence-electron chi connectivity index (χ4n) is 1.72. The monoisotopic (exact) mass is 287 g/mol. The Morgan fingerprint density at radius 3 is 2.32 bits per heavy atom. The van der Waals surface area contributed by atoms with E-state index in [9.17, 15) is 5.26 Å². The number of halogens is 2. The van der Waals surface area contributed by atoms with Gasteiger partial charge in [-0.05, 0) is 29.7 Å². The second-order valence-electron chi connectivity index (χ2n) is 4.13. The van der Waals surface area contributed by atoms with E-state index in [1.165, 1.54) is 0 Å². The van der Waals surface area contributed by atoms with E-state index in [4.69, 9.17) is 23.2 Å². The van der Waals surface area contributed by atoms with Crippen molar-refractivity contribution in [3.05, 3.63) is 70.2 Å². The van der Waals surface area contributed by atoms with Gasteiger partial charge < -0.3 is 0 Å². The van der Waals surface area contributed by atoms with Crippen molar-refractivity contribution >= 4 is 33.8 Å². The van der Waals surface area contributed by atoms with E-state index >= 15 is 0 Å². The molecule has 0 heterocycles. The summed E-state index contributed by atoms with van der Waals surface area (Å²) in [7, 11) is 0. The van der Waals surface area contributed by atoms with Crippen molar-refractivity contribution in [2.45, 2.75) is 6.92 Å². The Labute approximate surface area is 122 Å². The van der Waals surface area contributed by atoms with Crippen LogP contribution in [-0.4, -0.2) is 0 Å². The van der Waals surface area contributed by atoms with E-state index in [0.717, 1.165) is 16.7 Å². The number of hydrogen-bond donors (Lipinski definition) is 0. The van der Waals surface area contributed by atoms with E-state index in [1.807, 2.05) is 49.4 Å². The largest absolute Gasteiger partial charge is 0.192 e. The standard InChI is InChI=1S/C16H11Cl2N/c1-11-7-8-13(9-15(11)17)16(18)14(10-19)12-5-3-2-4-6-12/h2-9H,1H3/b16-14+. The minimum Gasteiger partial charge on any atom is -0.192 e. The Morgan fingerprint density at radius 1 is 1.05 bits per heavy atom. The summed E-state index contributed by atoms with van der Waals surface area (Å²) in [4.78, 5) is 0. The van der Waals surface area contributed by atoms with Gasteiger partial charge >= 0.3 is 0 Å². The van der Waals surface area contributed by atoms with Crippen LogP contribution in [0.25, 0.3) is 10.6 Å². The van der Waals surface area contributed by atoms with Crippen LogP contribution in [0.15, 0.2) is 48.5 Å². The highest BCUT2D eigenvalue weighted by Crippen LogP contribution is 2.31. The molecule has 0 atom stereocenters. The van der Waals surface area contributed by atoms with Crippen LogP contribution in [0.1, 0.15) is 16.7 Å². The first kappa shape index (κ1) is 13.7. The minimum absolute atomic E-state index is 0.413. The first-order valence-corrected chi connectivity index (χ1v) is 6.51. The lowest BCUT2D eigenvalue weighted by Gasteiger charge is -2.06. The average molecular weight is 288 g/mol. The van der Waals surface area contributed by atoms with Crippen molar-refractivity contribution in [3.8, 4) is 6.07 Å². The molecule has 0 unspecified atom stereocenters. The third kappa shape index (κ3) is 2.98. The number of allylic oxidation sites excluding steroid dienone is 1. The van der Waals surface area contributed by atoms with Gasteiger partial charge in [-0.25, -0.2) is 0 Å². The molecule has 19 heavy (non-hydrogen) atoms. The van der Waals surface area contributed by atoms with Crippen LogP contribution in [0.2, 0.25) is 5.02 Å². The van der Waals surface area contributed by atoms with Crippen molar-refractivity contribution in [1.29, 1.82) is 5.26 Å². The van der Waals surface area contributed by atoms with Gasteiger partial charge in [0.1, 0.15) is 6.07 Å². The third-order valence-corrected chi connectivity index (χ3v) is 3.63. The highest BCUT2D eigenvalue weighted by molar-refractivity contribution is 6.53. The number of nitrogens with zero attached hydrogens (tertiary/aromatic N) is 1. The number of hydrogen-bond acceptors (Lipinski definition) is 1. The molecule has 1 nitrogen and oxygen atoms in total. The summed E-state index contributed by atoms with van der Waals surface area (Å²) in [5, 5.41) is 10.4. The quantitative estimate of drug-likeness (QED) is 0.545. The lowest BCUT2D eigenvalue weighted by Crippen LogP contribution is -1.87. The SMILES string of the molecule is Cc1ccc(/C(Cl)=C(/C#N)c2ccccc2)cc1Cl. The van der Waals surface area contributed by atoms with Gasteiger partial charge in [0.05, 0.1) is 10.6 Å². The fourth-order valence-corrected chi connectivity index (χ4v) is 2.17. The predicted molar refractivity (Wildman–Crippen MR) is 80.9 cm³/mol. The van der Waals surface area contributed by atoms with Gasteiger partial charge in [0.15, 0.2) is 0 Å².